The van der Waals surface area contributed by atoms with Crippen molar-refractivity contribution >= 4 is 26.5 Å². The zero-order valence-corrected chi connectivity index (χ0v) is 16.6. The molecule has 140 valence electrons. The smallest absolute Gasteiger partial charge is 0.276 e. The maximum Gasteiger partial charge on any atom is 0.276 e. The number of sulfonamides is 1. The van der Waals surface area contributed by atoms with Crippen LogP contribution in [0, 0.1) is 13.8 Å². The first-order valence-electron chi connectivity index (χ1n) is 8.52. The fourth-order valence-corrected chi connectivity index (χ4v) is 4.00. The summed E-state index contributed by atoms with van der Waals surface area (Å²) in [6.07, 6.45) is 0. The minimum atomic E-state index is -3.72. The predicted octanol–water partition coefficient (Wildman–Crippen LogP) is 4.17. The second kappa shape index (κ2) is 7.40. The summed E-state index contributed by atoms with van der Waals surface area (Å²) in [6.45, 7) is 5.40. The number of hydrogen-bond donors (Lipinski definition) is 1. The minimum absolute atomic E-state index is 0.240. The third-order valence-corrected chi connectivity index (χ3v) is 5.78. The summed E-state index contributed by atoms with van der Waals surface area (Å²) in [5.74, 6) is 0.793. The quantitative estimate of drug-likeness (QED) is 0.532. The Morgan fingerprint density at radius 3 is 2.41 bits per heavy atom. The molecule has 27 heavy (non-hydrogen) atoms. The van der Waals surface area contributed by atoms with Gasteiger partial charge in [-0.2, -0.15) is 18.4 Å². The van der Waals surface area contributed by atoms with Crippen LogP contribution in [-0.4, -0.2) is 21.2 Å². The highest BCUT2D eigenvalue weighted by atomic mass is 32.2. The molecule has 0 bridgehead atoms. The van der Waals surface area contributed by atoms with Gasteiger partial charge >= 0.3 is 0 Å². The Morgan fingerprint density at radius 1 is 0.963 bits per heavy atom. The lowest BCUT2D eigenvalue weighted by Crippen LogP contribution is -2.21. The fourth-order valence-electron chi connectivity index (χ4n) is 2.81. The van der Waals surface area contributed by atoms with Gasteiger partial charge in [0.25, 0.3) is 10.0 Å². The number of fused-ring (bicyclic) bond motifs is 1. The molecule has 0 saturated heterocycles. The van der Waals surface area contributed by atoms with Gasteiger partial charge < -0.3 is 4.74 Å². The van der Waals surface area contributed by atoms with E-state index >= 15 is 0 Å². The second-order valence-electron chi connectivity index (χ2n) is 6.49. The van der Waals surface area contributed by atoms with Crippen molar-refractivity contribution in [3.05, 3.63) is 71.3 Å². The Bertz CT molecular complexity index is 1140. The number of nitrogens with one attached hydrogen (secondary N) is 1. The largest absolute Gasteiger partial charge is 0.497 e. The van der Waals surface area contributed by atoms with Crippen molar-refractivity contribution in [1.29, 1.82) is 0 Å². The highest BCUT2D eigenvalue weighted by Gasteiger charge is 2.16. The lowest BCUT2D eigenvalue weighted by atomic mass is 10.0. The molecule has 0 radical (unpaired) electrons. The molecule has 0 unspecified atom stereocenters. The van der Waals surface area contributed by atoms with Crippen molar-refractivity contribution in [1.82, 2.24) is 4.83 Å². The Labute approximate surface area is 159 Å². The van der Waals surface area contributed by atoms with E-state index in [0.717, 1.165) is 27.6 Å². The molecule has 5 nitrogen and oxygen atoms in total. The van der Waals surface area contributed by atoms with Crippen molar-refractivity contribution in [2.75, 3.05) is 7.11 Å². The molecule has 0 fully saturated rings. The third kappa shape index (κ3) is 4.11. The van der Waals surface area contributed by atoms with Crippen molar-refractivity contribution < 1.29 is 13.2 Å². The van der Waals surface area contributed by atoms with E-state index in [-0.39, 0.29) is 4.90 Å². The summed E-state index contributed by atoms with van der Waals surface area (Å²) in [4.78, 5) is 2.59. The molecular weight excluding hydrogens is 360 g/mol. The van der Waals surface area contributed by atoms with Crippen molar-refractivity contribution in [2.24, 2.45) is 5.10 Å². The Hall–Kier alpha value is -2.86. The molecule has 3 aromatic carbocycles. The van der Waals surface area contributed by atoms with Gasteiger partial charge in [-0.1, -0.05) is 30.3 Å². The number of nitrogens with zero attached hydrogens (tertiary/aromatic N) is 1. The topological polar surface area (TPSA) is 67.8 Å². The van der Waals surface area contributed by atoms with E-state index in [1.54, 1.807) is 33.1 Å². The molecule has 0 saturated carbocycles. The lowest BCUT2D eigenvalue weighted by Gasteiger charge is -2.09. The van der Waals surface area contributed by atoms with Crippen LogP contribution in [0.3, 0.4) is 0 Å². The van der Waals surface area contributed by atoms with Crippen LogP contribution >= 0.6 is 0 Å². The highest BCUT2D eigenvalue weighted by molar-refractivity contribution is 7.89. The average molecular weight is 382 g/mol. The first-order valence-corrected chi connectivity index (χ1v) is 10.00. The van der Waals surface area contributed by atoms with Crippen LogP contribution in [0.15, 0.2) is 64.6 Å². The van der Waals surface area contributed by atoms with Gasteiger partial charge in [-0.05, 0) is 72.5 Å². The summed E-state index contributed by atoms with van der Waals surface area (Å²) in [5.41, 5.74) is 2.99. The third-order valence-electron chi connectivity index (χ3n) is 4.43. The molecule has 0 heterocycles. The number of ether oxygens (including phenoxy) is 1. The Balaban J connectivity index is 1.89. The number of aryl methyl sites for hydroxylation is 2. The minimum Gasteiger partial charge on any atom is -0.497 e. The van der Waals surface area contributed by atoms with Gasteiger partial charge in [0.2, 0.25) is 0 Å². The number of rotatable bonds is 5. The van der Waals surface area contributed by atoms with E-state index in [4.69, 9.17) is 4.74 Å². The summed E-state index contributed by atoms with van der Waals surface area (Å²) in [6, 6.07) is 17.0. The average Bonchev–Trinajstić information content (AvgIpc) is 2.67. The van der Waals surface area contributed by atoms with Gasteiger partial charge in [-0.15, -0.1) is 0 Å². The molecule has 1 N–H and O–H groups in total. The van der Waals surface area contributed by atoms with Crippen LogP contribution in [0.5, 0.6) is 5.75 Å². The van der Waals surface area contributed by atoms with E-state index in [9.17, 15) is 8.42 Å². The van der Waals surface area contributed by atoms with Crippen molar-refractivity contribution in [2.45, 2.75) is 25.7 Å². The van der Waals surface area contributed by atoms with E-state index in [2.05, 4.69) is 9.93 Å². The van der Waals surface area contributed by atoms with Gasteiger partial charge in [-0.25, -0.2) is 0 Å². The van der Waals surface area contributed by atoms with Gasteiger partial charge in [0.15, 0.2) is 0 Å². The summed E-state index contributed by atoms with van der Waals surface area (Å²) in [5, 5.41) is 6.18. The lowest BCUT2D eigenvalue weighted by molar-refractivity contribution is 0.415. The number of methoxy groups -OCH3 is 1. The number of benzene rings is 3. The molecule has 3 rings (SSSR count). The standard InChI is InChI=1S/C21H22N2O3S/c1-14-5-6-15(2)21(11-14)27(24,25)23-22-16(3)17-7-8-19-13-20(26-4)10-9-18(19)12-17/h5-13,23H,1-4H3/b22-16-. The summed E-state index contributed by atoms with van der Waals surface area (Å²) < 4.78 is 30.4. The van der Waals surface area contributed by atoms with Crippen LogP contribution in [0.25, 0.3) is 10.8 Å². The number of hydrogen-bond acceptors (Lipinski definition) is 4. The van der Waals surface area contributed by atoms with Crippen LogP contribution in [0.2, 0.25) is 0 Å². The van der Waals surface area contributed by atoms with Crippen molar-refractivity contribution in [3.63, 3.8) is 0 Å². The van der Waals surface area contributed by atoms with E-state index in [1.165, 1.54) is 0 Å². The van der Waals surface area contributed by atoms with Crippen LogP contribution < -0.4 is 9.57 Å². The van der Waals surface area contributed by atoms with Gasteiger partial charge in [-0.3, -0.25) is 0 Å². The summed E-state index contributed by atoms with van der Waals surface area (Å²) >= 11 is 0. The first kappa shape index (κ1) is 18.9. The van der Waals surface area contributed by atoms with E-state index in [1.807, 2.05) is 49.4 Å². The zero-order chi connectivity index (χ0) is 19.6. The van der Waals surface area contributed by atoms with Crippen LogP contribution in [0.1, 0.15) is 23.6 Å². The van der Waals surface area contributed by atoms with Gasteiger partial charge in [0.1, 0.15) is 5.75 Å². The maximum atomic E-state index is 12.6. The molecule has 0 aliphatic carbocycles. The SMILES string of the molecule is COc1ccc2cc(/C(C)=N\NS(=O)(=O)c3cc(C)ccc3C)ccc2c1. The molecule has 3 aromatic rings. The molecule has 0 aliphatic heterocycles. The van der Waals surface area contributed by atoms with Gasteiger partial charge in [0, 0.05) is 0 Å². The molecular formula is C21H22N2O3S. The zero-order valence-electron chi connectivity index (χ0n) is 15.8. The van der Waals surface area contributed by atoms with Gasteiger partial charge in [0.05, 0.1) is 17.7 Å². The molecule has 0 amide bonds. The number of hydrazone groups is 1. The Morgan fingerprint density at radius 2 is 1.67 bits per heavy atom. The van der Waals surface area contributed by atoms with Crippen LogP contribution in [-0.2, 0) is 10.0 Å². The molecule has 0 atom stereocenters. The fraction of sp³-hybridized carbons (Fsp3) is 0.190. The Kier molecular flexibility index (Phi) is 5.19. The monoisotopic (exact) mass is 382 g/mol. The highest BCUT2D eigenvalue weighted by Crippen LogP contribution is 2.22. The molecule has 6 heteroatoms. The van der Waals surface area contributed by atoms with E-state index in [0.29, 0.717) is 11.3 Å². The first-order chi connectivity index (χ1) is 12.8. The second-order valence-corrected chi connectivity index (χ2v) is 8.12. The molecule has 0 spiro atoms. The molecule has 0 aliphatic rings. The molecule has 0 aromatic heterocycles. The maximum absolute atomic E-state index is 12.6. The normalized spacial score (nSPS) is 12.2. The van der Waals surface area contributed by atoms with Crippen LogP contribution in [0.4, 0.5) is 0 Å². The summed E-state index contributed by atoms with van der Waals surface area (Å²) in [7, 11) is -2.09. The predicted molar refractivity (Wildman–Crippen MR) is 109 cm³/mol. The van der Waals surface area contributed by atoms with Crippen molar-refractivity contribution in [3.8, 4) is 5.75 Å². The van der Waals surface area contributed by atoms with E-state index < -0.39 is 10.0 Å².